The molecular formula is C8H12N2O3. The molecule has 72 valence electrons. The number of anilines is 1. The quantitative estimate of drug-likeness (QED) is 0.752. The minimum atomic E-state index is -1.13. The highest BCUT2D eigenvalue weighted by Gasteiger charge is 2.14. The van der Waals surface area contributed by atoms with Crippen molar-refractivity contribution in [2.75, 3.05) is 5.32 Å². The van der Waals surface area contributed by atoms with Gasteiger partial charge in [0, 0.05) is 5.56 Å². The van der Waals surface area contributed by atoms with Crippen LogP contribution in [0.5, 0.6) is 0 Å². The molecule has 0 aromatic carbocycles. The van der Waals surface area contributed by atoms with Crippen molar-refractivity contribution in [2.24, 2.45) is 0 Å². The zero-order chi connectivity index (χ0) is 9.84. The third-order valence-electron chi connectivity index (χ3n) is 1.78. The summed E-state index contributed by atoms with van der Waals surface area (Å²) in [6.45, 7) is 3.88. The molecule has 0 aliphatic rings. The van der Waals surface area contributed by atoms with E-state index in [1.807, 2.05) is 13.8 Å². The van der Waals surface area contributed by atoms with Gasteiger partial charge in [-0.1, -0.05) is 19.0 Å². The Kier molecular flexibility index (Phi) is 2.89. The number of nitrogens with zero attached hydrogens (tertiary/aromatic N) is 1. The van der Waals surface area contributed by atoms with Crippen molar-refractivity contribution in [1.29, 1.82) is 0 Å². The Balaban J connectivity index is 2.93. The molecule has 2 N–H and O–H groups in total. The summed E-state index contributed by atoms with van der Waals surface area (Å²) < 4.78 is 4.85. The largest absolute Gasteiger partial charge is 0.465 e. The number of aromatic nitrogens is 1. The minimum absolute atomic E-state index is 0.242. The normalized spacial score (nSPS) is 10.0. The Morgan fingerprint density at radius 1 is 1.54 bits per heavy atom. The van der Waals surface area contributed by atoms with Gasteiger partial charge in [-0.25, -0.2) is 4.79 Å². The number of amides is 1. The van der Waals surface area contributed by atoms with Crippen LogP contribution < -0.4 is 5.32 Å². The summed E-state index contributed by atoms with van der Waals surface area (Å²) in [5.74, 6) is 0.242. The highest BCUT2D eigenvalue weighted by Crippen LogP contribution is 2.20. The molecule has 0 saturated carbocycles. The van der Waals surface area contributed by atoms with Crippen LogP contribution in [0, 0.1) is 0 Å². The smallest absolute Gasteiger partial charge is 0.411 e. The van der Waals surface area contributed by atoms with Gasteiger partial charge in [0.05, 0.1) is 5.69 Å². The van der Waals surface area contributed by atoms with Gasteiger partial charge in [-0.3, -0.25) is 5.32 Å². The summed E-state index contributed by atoms with van der Waals surface area (Å²) >= 11 is 0. The monoisotopic (exact) mass is 184 g/mol. The van der Waals surface area contributed by atoms with Gasteiger partial charge in [0.25, 0.3) is 0 Å². The van der Waals surface area contributed by atoms with Crippen LogP contribution in [0.4, 0.5) is 10.7 Å². The summed E-state index contributed by atoms with van der Waals surface area (Å²) in [4.78, 5) is 10.3. The molecule has 1 rings (SSSR count). The van der Waals surface area contributed by atoms with Gasteiger partial charge in [0.2, 0.25) is 5.88 Å². The van der Waals surface area contributed by atoms with Gasteiger partial charge in [-0.05, 0) is 12.8 Å². The maximum atomic E-state index is 10.3. The molecule has 0 bridgehead atoms. The van der Waals surface area contributed by atoms with Gasteiger partial charge >= 0.3 is 6.09 Å². The molecular weight excluding hydrogens is 172 g/mol. The Morgan fingerprint density at radius 3 is 2.69 bits per heavy atom. The number of hydrogen-bond acceptors (Lipinski definition) is 3. The van der Waals surface area contributed by atoms with Crippen molar-refractivity contribution < 1.29 is 14.4 Å². The highest BCUT2D eigenvalue weighted by molar-refractivity contribution is 5.81. The first-order chi connectivity index (χ1) is 6.19. The molecule has 0 radical (unpaired) electrons. The minimum Gasteiger partial charge on any atom is -0.465 e. The van der Waals surface area contributed by atoms with Gasteiger partial charge in [-0.2, -0.15) is 0 Å². The van der Waals surface area contributed by atoms with Crippen molar-refractivity contribution >= 4 is 12.0 Å². The molecule has 0 aliphatic carbocycles. The van der Waals surface area contributed by atoms with E-state index < -0.39 is 6.09 Å². The van der Waals surface area contributed by atoms with Crippen LogP contribution in [0.15, 0.2) is 4.52 Å². The van der Waals surface area contributed by atoms with E-state index in [1.54, 1.807) is 0 Å². The molecule has 5 heteroatoms. The average Bonchev–Trinajstić information content (AvgIpc) is 2.45. The maximum absolute atomic E-state index is 10.3. The Hall–Kier alpha value is -1.52. The first kappa shape index (κ1) is 9.57. The number of hydrogen-bond donors (Lipinski definition) is 2. The van der Waals surface area contributed by atoms with E-state index in [2.05, 4.69) is 10.5 Å². The van der Waals surface area contributed by atoms with Gasteiger partial charge in [0.15, 0.2) is 0 Å². The van der Waals surface area contributed by atoms with Crippen LogP contribution in [0.25, 0.3) is 0 Å². The predicted octanol–water partition coefficient (Wildman–Crippen LogP) is 1.89. The second-order valence-electron chi connectivity index (χ2n) is 2.57. The van der Waals surface area contributed by atoms with Crippen molar-refractivity contribution in [3.8, 4) is 0 Å². The first-order valence-electron chi connectivity index (χ1n) is 4.16. The fourth-order valence-electron chi connectivity index (χ4n) is 1.18. The fraction of sp³-hybridized carbons (Fsp3) is 0.500. The zero-order valence-electron chi connectivity index (χ0n) is 7.63. The van der Waals surface area contributed by atoms with E-state index in [4.69, 9.17) is 9.63 Å². The number of carbonyl (C=O) groups is 1. The summed E-state index contributed by atoms with van der Waals surface area (Å²) in [5, 5.41) is 14.4. The summed E-state index contributed by atoms with van der Waals surface area (Å²) in [6, 6.07) is 0. The topological polar surface area (TPSA) is 75.4 Å². The van der Waals surface area contributed by atoms with Crippen molar-refractivity contribution in [1.82, 2.24) is 5.16 Å². The zero-order valence-corrected chi connectivity index (χ0v) is 7.63. The number of nitrogens with one attached hydrogen (secondary N) is 1. The first-order valence-corrected chi connectivity index (χ1v) is 4.16. The molecule has 0 saturated heterocycles. The highest BCUT2D eigenvalue weighted by atomic mass is 16.5. The average molecular weight is 184 g/mol. The summed E-state index contributed by atoms with van der Waals surface area (Å²) in [7, 11) is 0. The standard InChI is InChI=1S/C8H12N2O3/c1-3-5-6(4-2)10-13-7(5)9-8(11)12/h9H,3-4H2,1-2H3,(H,11,12). The molecule has 13 heavy (non-hydrogen) atoms. The lowest BCUT2D eigenvalue weighted by atomic mass is 10.1. The Bertz CT molecular complexity index is 306. The molecule has 1 aromatic rings. The molecule has 0 spiro atoms. The lowest BCUT2D eigenvalue weighted by molar-refractivity contribution is 0.208. The van der Waals surface area contributed by atoms with Crippen LogP contribution in [0.2, 0.25) is 0 Å². The van der Waals surface area contributed by atoms with Crippen molar-refractivity contribution in [2.45, 2.75) is 26.7 Å². The molecule has 1 amide bonds. The molecule has 1 heterocycles. The molecule has 5 nitrogen and oxygen atoms in total. The number of carboxylic acid groups (broad SMARTS) is 1. The second-order valence-corrected chi connectivity index (χ2v) is 2.57. The Morgan fingerprint density at radius 2 is 2.23 bits per heavy atom. The van der Waals surface area contributed by atoms with Crippen LogP contribution in [-0.2, 0) is 12.8 Å². The Labute approximate surface area is 75.7 Å². The second kappa shape index (κ2) is 3.93. The maximum Gasteiger partial charge on any atom is 0.411 e. The third-order valence-corrected chi connectivity index (χ3v) is 1.78. The van der Waals surface area contributed by atoms with Crippen molar-refractivity contribution in [3.05, 3.63) is 11.3 Å². The molecule has 0 atom stereocenters. The lowest BCUT2D eigenvalue weighted by Crippen LogP contribution is -2.08. The molecule has 0 aliphatic heterocycles. The summed E-state index contributed by atoms with van der Waals surface area (Å²) in [6.07, 6.45) is 0.324. The van der Waals surface area contributed by atoms with Gasteiger partial charge in [0.1, 0.15) is 0 Å². The number of rotatable bonds is 3. The molecule has 0 unspecified atom stereocenters. The van der Waals surface area contributed by atoms with Gasteiger partial charge < -0.3 is 9.63 Å². The van der Waals surface area contributed by atoms with Crippen LogP contribution in [-0.4, -0.2) is 16.4 Å². The summed E-state index contributed by atoms with van der Waals surface area (Å²) in [5.41, 5.74) is 1.65. The van der Waals surface area contributed by atoms with Crippen LogP contribution in [0.1, 0.15) is 25.1 Å². The van der Waals surface area contributed by atoms with Crippen LogP contribution >= 0.6 is 0 Å². The van der Waals surface area contributed by atoms with Gasteiger partial charge in [-0.15, -0.1) is 0 Å². The van der Waals surface area contributed by atoms with E-state index in [9.17, 15) is 4.79 Å². The van der Waals surface area contributed by atoms with E-state index in [-0.39, 0.29) is 5.88 Å². The number of aryl methyl sites for hydroxylation is 1. The SMILES string of the molecule is CCc1noc(NC(=O)O)c1CC. The predicted molar refractivity (Wildman–Crippen MR) is 46.9 cm³/mol. The van der Waals surface area contributed by atoms with E-state index in [0.717, 1.165) is 17.7 Å². The van der Waals surface area contributed by atoms with Crippen LogP contribution in [0.3, 0.4) is 0 Å². The van der Waals surface area contributed by atoms with E-state index >= 15 is 0 Å². The molecule has 0 fully saturated rings. The fourth-order valence-corrected chi connectivity index (χ4v) is 1.18. The van der Waals surface area contributed by atoms with E-state index in [1.165, 1.54) is 0 Å². The van der Waals surface area contributed by atoms with E-state index in [0.29, 0.717) is 6.42 Å². The van der Waals surface area contributed by atoms with Crippen molar-refractivity contribution in [3.63, 3.8) is 0 Å². The third kappa shape index (κ3) is 1.99. The molecule has 1 aromatic heterocycles. The lowest BCUT2D eigenvalue weighted by Gasteiger charge is -1.97.